The van der Waals surface area contributed by atoms with Crippen molar-refractivity contribution in [3.8, 4) is 0 Å². The van der Waals surface area contributed by atoms with E-state index in [1.54, 1.807) is 0 Å². The summed E-state index contributed by atoms with van der Waals surface area (Å²) >= 11 is 3.41. The standard InChI is InChI=1S/C16H17BrN2O/c1-10-3-5-12(6-4-10)15(18)16(20)19-14-8-11(2)7-13(17)9-14/h3-9,15H,18H2,1-2H3,(H,19,20). The van der Waals surface area contributed by atoms with Gasteiger partial charge >= 0.3 is 0 Å². The minimum Gasteiger partial charge on any atom is -0.324 e. The van der Waals surface area contributed by atoms with Gasteiger partial charge in [-0.2, -0.15) is 0 Å². The minimum absolute atomic E-state index is 0.216. The van der Waals surface area contributed by atoms with Crippen LogP contribution in [0.1, 0.15) is 22.7 Å². The molecular weight excluding hydrogens is 316 g/mol. The number of amides is 1. The third kappa shape index (κ3) is 3.68. The highest BCUT2D eigenvalue weighted by Gasteiger charge is 2.15. The van der Waals surface area contributed by atoms with Gasteiger partial charge in [-0.25, -0.2) is 0 Å². The van der Waals surface area contributed by atoms with Gasteiger partial charge in [0.05, 0.1) is 0 Å². The highest BCUT2D eigenvalue weighted by molar-refractivity contribution is 9.10. The van der Waals surface area contributed by atoms with E-state index in [2.05, 4.69) is 21.2 Å². The monoisotopic (exact) mass is 332 g/mol. The third-order valence-electron chi connectivity index (χ3n) is 3.03. The number of rotatable bonds is 3. The van der Waals surface area contributed by atoms with Crippen molar-refractivity contribution in [2.75, 3.05) is 5.32 Å². The van der Waals surface area contributed by atoms with E-state index in [9.17, 15) is 4.79 Å². The van der Waals surface area contributed by atoms with E-state index in [0.29, 0.717) is 0 Å². The second kappa shape index (κ2) is 6.20. The van der Waals surface area contributed by atoms with Crippen LogP contribution in [0, 0.1) is 13.8 Å². The van der Waals surface area contributed by atoms with Crippen LogP contribution in [0.3, 0.4) is 0 Å². The van der Waals surface area contributed by atoms with Crippen LogP contribution in [0.5, 0.6) is 0 Å². The fourth-order valence-corrected chi connectivity index (χ4v) is 2.56. The van der Waals surface area contributed by atoms with Crippen LogP contribution >= 0.6 is 15.9 Å². The van der Waals surface area contributed by atoms with E-state index in [-0.39, 0.29) is 5.91 Å². The Morgan fingerprint density at radius 3 is 2.35 bits per heavy atom. The molecule has 0 aromatic heterocycles. The maximum absolute atomic E-state index is 12.2. The number of anilines is 1. The number of halogens is 1. The molecule has 0 saturated heterocycles. The summed E-state index contributed by atoms with van der Waals surface area (Å²) in [7, 11) is 0. The predicted molar refractivity (Wildman–Crippen MR) is 85.6 cm³/mol. The van der Waals surface area contributed by atoms with Crippen LogP contribution in [0.4, 0.5) is 5.69 Å². The predicted octanol–water partition coefficient (Wildman–Crippen LogP) is 3.70. The molecule has 0 bridgehead atoms. The van der Waals surface area contributed by atoms with Crippen LogP contribution in [0.2, 0.25) is 0 Å². The van der Waals surface area contributed by atoms with E-state index < -0.39 is 6.04 Å². The normalized spacial score (nSPS) is 12.0. The summed E-state index contributed by atoms with van der Waals surface area (Å²) in [5.41, 5.74) is 9.75. The molecule has 3 nitrogen and oxygen atoms in total. The van der Waals surface area contributed by atoms with E-state index in [1.807, 2.05) is 56.3 Å². The number of benzene rings is 2. The lowest BCUT2D eigenvalue weighted by atomic mass is 10.1. The zero-order chi connectivity index (χ0) is 14.7. The Hall–Kier alpha value is -1.65. The molecule has 2 aromatic carbocycles. The summed E-state index contributed by atoms with van der Waals surface area (Å²) in [4.78, 5) is 12.2. The summed E-state index contributed by atoms with van der Waals surface area (Å²) in [6.07, 6.45) is 0. The molecule has 0 saturated carbocycles. The molecule has 4 heteroatoms. The lowest BCUT2D eigenvalue weighted by Crippen LogP contribution is -2.27. The van der Waals surface area contributed by atoms with Crippen molar-refractivity contribution in [1.29, 1.82) is 0 Å². The summed E-state index contributed by atoms with van der Waals surface area (Å²) in [6.45, 7) is 3.97. The topological polar surface area (TPSA) is 55.1 Å². The quantitative estimate of drug-likeness (QED) is 0.900. The number of nitrogens with one attached hydrogen (secondary N) is 1. The van der Waals surface area contributed by atoms with Gasteiger partial charge in [-0.05, 0) is 43.2 Å². The van der Waals surface area contributed by atoms with Crippen LogP contribution in [-0.4, -0.2) is 5.91 Å². The van der Waals surface area contributed by atoms with Gasteiger partial charge in [-0.3, -0.25) is 4.79 Å². The van der Waals surface area contributed by atoms with Crippen molar-refractivity contribution >= 4 is 27.5 Å². The van der Waals surface area contributed by atoms with Gasteiger partial charge in [0.1, 0.15) is 6.04 Å². The Morgan fingerprint density at radius 2 is 1.75 bits per heavy atom. The van der Waals surface area contributed by atoms with Crippen molar-refractivity contribution in [2.24, 2.45) is 5.73 Å². The second-order valence-electron chi connectivity index (χ2n) is 4.89. The summed E-state index contributed by atoms with van der Waals surface area (Å²) in [6, 6.07) is 12.7. The Balaban J connectivity index is 2.13. The lowest BCUT2D eigenvalue weighted by Gasteiger charge is -2.13. The molecule has 0 spiro atoms. The van der Waals surface area contributed by atoms with Crippen molar-refractivity contribution < 1.29 is 4.79 Å². The fourth-order valence-electron chi connectivity index (χ4n) is 1.95. The largest absolute Gasteiger partial charge is 0.324 e. The molecule has 2 rings (SSSR count). The number of hydrogen-bond acceptors (Lipinski definition) is 2. The molecule has 2 aromatic rings. The summed E-state index contributed by atoms with van der Waals surface area (Å²) in [5.74, 6) is -0.216. The number of carbonyl (C=O) groups is 1. The average Bonchev–Trinajstić information content (AvgIpc) is 2.37. The number of aryl methyl sites for hydroxylation is 2. The van der Waals surface area contributed by atoms with Crippen LogP contribution < -0.4 is 11.1 Å². The molecule has 1 unspecified atom stereocenters. The Bertz CT molecular complexity index is 603. The molecule has 1 amide bonds. The third-order valence-corrected chi connectivity index (χ3v) is 3.49. The van der Waals surface area contributed by atoms with Crippen molar-refractivity contribution in [1.82, 2.24) is 0 Å². The Labute approximate surface area is 127 Å². The molecule has 104 valence electrons. The zero-order valence-electron chi connectivity index (χ0n) is 11.5. The van der Waals surface area contributed by atoms with Gasteiger partial charge in [0, 0.05) is 10.2 Å². The Morgan fingerprint density at radius 1 is 1.10 bits per heavy atom. The molecule has 3 N–H and O–H groups in total. The zero-order valence-corrected chi connectivity index (χ0v) is 13.1. The summed E-state index contributed by atoms with van der Waals surface area (Å²) in [5, 5.41) is 2.84. The Kier molecular flexibility index (Phi) is 4.57. The number of carbonyl (C=O) groups excluding carboxylic acids is 1. The number of hydrogen-bond donors (Lipinski definition) is 2. The van der Waals surface area contributed by atoms with Gasteiger partial charge in [0.15, 0.2) is 0 Å². The smallest absolute Gasteiger partial charge is 0.245 e. The number of nitrogens with two attached hydrogens (primary N) is 1. The van der Waals surface area contributed by atoms with E-state index in [1.165, 1.54) is 0 Å². The van der Waals surface area contributed by atoms with E-state index in [0.717, 1.165) is 26.9 Å². The van der Waals surface area contributed by atoms with E-state index in [4.69, 9.17) is 5.73 Å². The minimum atomic E-state index is -0.671. The molecule has 0 fully saturated rings. The maximum Gasteiger partial charge on any atom is 0.245 e. The molecule has 0 heterocycles. The first-order valence-electron chi connectivity index (χ1n) is 6.36. The molecule has 0 aliphatic carbocycles. The molecule has 20 heavy (non-hydrogen) atoms. The average molecular weight is 333 g/mol. The first-order valence-corrected chi connectivity index (χ1v) is 7.15. The first-order chi connectivity index (χ1) is 9.45. The van der Waals surface area contributed by atoms with E-state index >= 15 is 0 Å². The summed E-state index contributed by atoms with van der Waals surface area (Å²) < 4.78 is 0.928. The highest BCUT2D eigenvalue weighted by atomic mass is 79.9. The highest BCUT2D eigenvalue weighted by Crippen LogP contribution is 2.20. The molecule has 0 radical (unpaired) electrons. The van der Waals surface area contributed by atoms with Crippen molar-refractivity contribution in [3.63, 3.8) is 0 Å². The van der Waals surface area contributed by atoms with Crippen LogP contribution in [0.25, 0.3) is 0 Å². The van der Waals surface area contributed by atoms with Crippen LogP contribution in [0.15, 0.2) is 46.9 Å². The van der Waals surface area contributed by atoms with Gasteiger partial charge < -0.3 is 11.1 Å². The van der Waals surface area contributed by atoms with Gasteiger partial charge in [0.25, 0.3) is 0 Å². The molecule has 1 atom stereocenters. The lowest BCUT2D eigenvalue weighted by molar-refractivity contribution is -0.117. The fraction of sp³-hybridized carbons (Fsp3) is 0.188. The maximum atomic E-state index is 12.2. The van der Waals surface area contributed by atoms with Crippen LogP contribution in [-0.2, 0) is 4.79 Å². The first kappa shape index (κ1) is 14.8. The van der Waals surface area contributed by atoms with Crippen molar-refractivity contribution in [3.05, 3.63) is 63.6 Å². The molecular formula is C16H17BrN2O. The molecule has 0 aliphatic rings. The van der Waals surface area contributed by atoms with Gasteiger partial charge in [-0.15, -0.1) is 0 Å². The van der Waals surface area contributed by atoms with Crippen molar-refractivity contribution in [2.45, 2.75) is 19.9 Å². The van der Waals surface area contributed by atoms with Gasteiger partial charge in [0.2, 0.25) is 5.91 Å². The SMILES string of the molecule is Cc1ccc(C(N)C(=O)Nc2cc(C)cc(Br)c2)cc1. The second-order valence-corrected chi connectivity index (χ2v) is 5.81. The van der Waals surface area contributed by atoms with Gasteiger partial charge in [-0.1, -0.05) is 45.8 Å². The molecule has 0 aliphatic heterocycles.